The van der Waals surface area contributed by atoms with Gasteiger partial charge < -0.3 is 14.5 Å². The third kappa shape index (κ3) is 3.86. The topological polar surface area (TPSA) is 56.6 Å². The second-order valence-electron chi connectivity index (χ2n) is 7.99. The Balaban J connectivity index is 1.40. The van der Waals surface area contributed by atoms with E-state index >= 15 is 0 Å². The van der Waals surface area contributed by atoms with E-state index in [1.165, 1.54) is 0 Å². The van der Waals surface area contributed by atoms with Gasteiger partial charge >= 0.3 is 0 Å². The van der Waals surface area contributed by atoms with Crippen LogP contribution in [0.3, 0.4) is 0 Å². The predicted octanol–water partition coefficient (Wildman–Crippen LogP) is 3.61. The number of anilines is 1. The van der Waals surface area contributed by atoms with E-state index in [2.05, 4.69) is 11.0 Å². The first-order chi connectivity index (χ1) is 14.1. The van der Waals surface area contributed by atoms with Gasteiger partial charge in [-0.1, -0.05) is 30.3 Å². The van der Waals surface area contributed by atoms with Crippen molar-refractivity contribution in [3.05, 3.63) is 65.7 Å². The molecule has 2 aromatic carbocycles. The first kappa shape index (κ1) is 19.5. The zero-order valence-corrected chi connectivity index (χ0v) is 16.9. The quantitative estimate of drug-likeness (QED) is 0.802. The summed E-state index contributed by atoms with van der Waals surface area (Å²) in [6.07, 6.45) is 2.66. The molecule has 0 spiro atoms. The third-order valence-corrected chi connectivity index (χ3v) is 6.40. The van der Waals surface area contributed by atoms with Crippen molar-refractivity contribution >= 4 is 11.6 Å². The van der Waals surface area contributed by atoms with Crippen molar-refractivity contribution in [3.8, 4) is 6.07 Å². The molecule has 2 aromatic rings. The van der Waals surface area contributed by atoms with Crippen LogP contribution in [0.25, 0.3) is 0 Å². The molecule has 4 rings (SSSR count). The number of piperidine rings is 1. The summed E-state index contributed by atoms with van der Waals surface area (Å²) in [5, 5.41) is 9.84. The van der Waals surface area contributed by atoms with Gasteiger partial charge in [0.1, 0.15) is 0 Å². The Bertz CT molecular complexity index is 881. The molecule has 1 unspecified atom stereocenters. The number of rotatable bonds is 4. The Morgan fingerprint density at radius 1 is 1.07 bits per heavy atom. The van der Waals surface area contributed by atoms with Crippen LogP contribution in [0, 0.1) is 11.3 Å². The van der Waals surface area contributed by atoms with Crippen LogP contribution in [-0.4, -0.2) is 50.2 Å². The molecule has 1 atom stereocenters. The van der Waals surface area contributed by atoms with E-state index in [1.54, 1.807) is 7.11 Å². The Labute approximate surface area is 172 Å². The van der Waals surface area contributed by atoms with Gasteiger partial charge in [-0.15, -0.1) is 0 Å². The molecule has 5 nitrogen and oxygen atoms in total. The summed E-state index contributed by atoms with van der Waals surface area (Å²) < 4.78 is 5.44. The van der Waals surface area contributed by atoms with Crippen molar-refractivity contribution < 1.29 is 9.53 Å². The standard InChI is InChI=1S/C24H27N3O2/c1-29-22-11-14-27(17-22)21-9-7-19(8-10-21)23(28)26-15-12-24(18-25,13-16-26)20-5-3-2-4-6-20/h2-10,22H,11-17H2,1H3. The molecule has 1 amide bonds. The number of nitriles is 1. The SMILES string of the molecule is COC1CCN(c2ccc(C(=O)N3CCC(C#N)(c4ccccc4)CC3)cc2)C1. The maximum atomic E-state index is 13.0. The number of amides is 1. The molecule has 29 heavy (non-hydrogen) atoms. The Morgan fingerprint density at radius 3 is 2.34 bits per heavy atom. The van der Waals surface area contributed by atoms with E-state index in [9.17, 15) is 10.1 Å². The summed E-state index contributed by atoms with van der Waals surface area (Å²) in [6.45, 7) is 3.08. The molecule has 0 saturated carbocycles. The minimum Gasteiger partial charge on any atom is -0.380 e. The van der Waals surface area contributed by atoms with Gasteiger partial charge in [-0.3, -0.25) is 4.79 Å². The van der Waals surface area contributed by atoms with E-state index in [4.69, 9.17) is 4.74 Å². The number of methoxy groups -OCH3 is 1. The van der Waals surface area contributed by atoms with Gasteiger partial charge in [-0.2, -0.15) is 5.26 Å². The van der Waals surface area contributed by atoms with Crippen molar-refractivity contribution in [1.29, 1.82) is 5.26 Å². The van der Waals surface area contributed by atoms with E-state index in [-0.39, 0.29) is 12.0 Å². The highest BCUT2D eigenvalue weighted by atomic mass is 16.5. The molecule has 2 fully saturated rings. The van der Waals surface area contributed by atoms with Crippen molar-refractivity contribution in [2.45, 2.75) is 30.8 Å². The van der Waals surface area contributed by atoms with Crippen molar-refractivity contribution in [3.63, 3.8) is 0 Å². The fourth-order valence-corrected chi connectivity index (χ4v) is 4.47. The largest absolute Gasteiger partial charge is 0.380 e. The summed E-state index contributed by atoms with van der Waals surface area (Å²) in [5.74, 6) is 0.0485. The fraction of sp³-hybridized carbons (Fsp3) is 0.417. The lowest BCUT2D eigenvalue weighted by Crippen LogP contribution is -2.44. The van der Waals surface area contributed by atoms with E-state index < -0.39 is 5.41 Å². The van der Waals surface area contributed by atoms with Crippen LogP contribution < -0.4 is 4.90 Å². The van der Waals surface area contributed by atoms with Crippen molar-refractivity contribution in [2.24, 2.45) is 0 Å². The molecule has 2 aliphatic heterocycles. The maximum Gasteiger partial charge on any atom is 0.253 e. The summed E-state index contributed by atoms with van der Waals surface area (Å²) in [5.41, 5.74) is 2.40. The number of ether oxygens (including phenoxy) is 1. The fourth-order valence-electron chi connectivity index (χ4n) is 4.47. The monoisotopic (exact) mass is 389 g/mol. The van der Waals surface area contributed by atoms with Gasteiger partial charge in [-0.05, 0) is 49.1 Å². The lowest BCUT2D eigenvalue weighted by Gasteiger charge is -2.37. The Hall–Kier alpha value is -2.84. The van der Waals surface area contributed by atoms with Crippen LogP contribution in [0.5, 0.6) is 0 Å². The molecule has 0 aliphatic carbocycles. The highest BCUT2D eigenvalue weighted by molar-refractivity contribution is 5.94. The maximum absolute atomic E-state index is 13.0. The number of carbonyl (C=O) groups is 1. The first-order valence-electron chi connectivity index (χ1n) is 10.3. The van der Waals surface area contributed by atoms with Gasteiger partial charge in [-0.25, -0.2) is 0 Å². The normalized spacial score (nSPS) is 21.0. The lowest BCUT2D eigenvalue weighted by molar-refractivity contribution is 0.0692. The van der Waals surface area contributed by atoms with Crippen LogP contribution in [0.4, 0.5) is 5.69 Å². The number of likely N-dealkylation sites (tertiary alicyclic amines) is 1. The molecule has 2 heterocycles. The van der Waals surface area contributed by atoms with Crippen molar-refractivity contribution in [2.75, 3.05) is 38.2 Å². The van der Waals surface area contributed by atoms with Gasteiger partial charge in [0.25, 0.3) is 5.91 Å². The van der Waals surface area contributed by atoms with Crippen LogP contribution in [0.1, 0.15) is 35.2 Å². The first-order valence-corrected chi connectivity index (χ1v) is 10.3. The summed E-state index contributed by atoms with van der Waals surface area (Å²) >= 11 is 0. The third-order valence-electron chi connectivity index (χ3n) is 6.40. The van der Waals surface area contributed by atoms with Crippen LogP contribution in [0.2, 0.25) is 0 Å². The number of hydrogen-bond donors (Lipinski definition) is 0. The van der Waals surface area contributed by atoms with Crippen molar-refractivity contribution in [1.82, 2.24) is 4.90 Å². The summed E-state index contributed by atoms with van der Waals surface area (Å²) in [7, 11) is 1.76. The highest BCUT2D eigenvalue weighted by Gasteiger charge is 2.37. The minimum atomic E-state index is -0.491. The number of nitrogens with zero attached hydrogens (tertiary/aromatic N) is 3. The molecule has 0 aromatic heterocycles. The molecule has 2 saturated heterocycles. The molecular weight excluding hydrogens is 362 g/mol. The molecule has 0 radical (unpaired) electrons. The lowest BCUT2D eigenvalue weighted by atomic mass is 9.74. The number of benzene rings is 2. The van der Waals surface area contributed by atoms with Gasteiger partial charge in [0.05, 0.1) is 17.6 Å². The van der Waals surface area contributed by atoms with Gasteiger partial charge in [0.15, 0.2) is 0 Å². The summed E-state index contributed by atoms with van der Waals surface area (Å²) in [6, 6.07) is 20.4. The molecule has 5 heteroatoms. The predicted molar refractivity (Wildman–Crippen MR) is 113 cm³/mol. The second-order valence-corrected chi connectivity index (χ2v) is 7.99. The number of carbonyl (C=O) groups excluding carboxylic acids is 1. The molecule has 0 bridgehead atoms. The van der Waals surface area contributed by atoms with Gasteiger partial charge in [0, 0.05) is 44.5 Å². The molecular formula is C24H27N3O2. The minimum absolute atomic E-state index is 0.0485. The van der Waals surface area contributed by atoms with E-state index in [1.807, 2.05) is 59.5 Å². The van der Waals surface area contributed by atoms with Crippen LogP contribution >= 0.6 is 0 Å². The van der Waals surface area contributed by atoms with Gasteiger partial charge in [0.2, 0.25) is 0 Å². The zero-order valence-electron chi connectivity index (χ0n) is 16.9. The second kappa shape index (κ2) is 8.26. The molecule has 0 N–H and O–H groups in total. The average molecular weight is 389 g/mol. The Kier molecular flexibility index (Phi) is 5.55. The van der Waals surface area contributed by atoms with Crippen LogP contribution in [0.15, 0.2) is 54.6 Å². The number of hydrogen-bond acceptors (Lipinski definition) is 4. The zero-order chi connectivity index (χ0) is 20.3. The van der Waals surface area contributed by atoms with E-state index in [0.717, 1.165) is 30.8 Å². The van der Waals surface area contributed by atoms with Crippen LogP contribution in [-0.2, 0) is 10.2 Å². The van der Waals surface area contributed by atoms with E-state index in [0.29, 0.717) is 31.5 Å². The Morgan fingerprint density at radius 2 is 1.76 bits per heavy atom. The highest BCUT2D eigenvalue weighted by Crippen LogP contribution is 2.35. The summed E-state index contributed by atoms with van der Waals surface area (Å²) in [4.78, 5) is 17.2. The average Bonchev–Trinajstić information content (AvgIpc) is 3.29. The molecule has 2 aliphatic rings. The smallest absolute Gasteiger partial charge is 0.253 e. The molecule has 150 valence electrons.